The second-order valence-electron chi connectivity index (χ2n) is 5.58. The van der Waals surface area contributed by atoms with Gasteiger partial charge in [0.15, 0.2) is 0 Å². The molecule has 1 saturated heterocycles. The number of nitrogens with two attached hydrogens (primary N) is 1. The number of nitrogens with zero attached hydrogens (tertiary/aromatic N) is 1. The van der Waals surface area contributed by atoms with Crippen LogP contribution in [0.1, 0.15) is 35.9 Å². The third-order valence-corrected chi connectivity index (χ3v) is 7.38. The molecular weight excluding hydrogens is 292 g/mol. The van der Waals surface area contributed by atoms with Crippen molar-refractivity contribution in [3.05, 3.63) is 15.8 Å². The van der Waals surface area contributed by atoms with Crippen molar-refractivity contribution < 1.29 is 8.42 Å². The van der Waals surface area contributed by atoms with Crippen molar-refractivity contribution in [2.24, 2.45) is 11.7 Å². The van der Waals surface area contributed by atoms with Crippen LogP contribution >= 0.6 is 11.3 Å². The standard InChI is InChI=1S/C14H24N2O2S2/c1-4-12-5-6-16(13(8-12)9-15)20(17,18)14-7-10(2)19-11(14)3/h7,12-13H,4-6,8-9,15H2,1-3H3. The first kappa shape index (κ1) is 15.9. The van der Waals surface area contributed by atoms with Crippen molar-refractivity contribution in [2.45, 2.75) is 51.0 Å². The fourth-order valence-corrected chi connectivity index (χ4v) is 6.19. The van der Waals surface area contributed by atoms with E-state index in [4.69, 9.17) is 5.73 Å². The fourth-order valence-electron chi connectivity index (χ4n) is 3.00. The maximum absolute atomic E-state index is 12.9. The van der Waals surface area contributed by atoms with E-state index in [-0.39, 0.29) is 6.04 Å². The van der Waals surface area contributed by atoms with Gasteiger partial charge in [0.2, 0.25) is 10.0 Å². The summed E-state index contributed by atoms with van der Waals surface area (Å²) in [6.07, 6.45) is 2.92. The average Bonchev–Trinajstić information content (AvgIpc) is 2.77. The van der Waals surface area contributed by atoms with E-state index in [0.717, 1.165) is 29.0 Å². The molecule has 20 heavy (non-hydrogen) atoms. The number of aryl methyl sites for hydroxylation is 2. The summed E-state index contributed by atoms with van der Waals surface area (Å²) in [4.78, 5) is 2.37. The maximum atomic E-state index is 12.9. The van der Waals surface area contributed by atoms with Gasteiger partial charge in [-0.25, -0.2) is 8.42 Å². The third-order valence-electron chi connectivity index (χ3n) is 4.20. The molecule has 1 fully saturated rings. The monoisotopic (exact) mass is 316 g/mol. The summed E-state index contributed by atoms with van der Waals surface area (Å²) in [7, 11) is -3.40. The Labute approximate surface area is 126 Å². The van der Waals surface area contributed by atoms with Gasteiger partial charge in [0.05, 0.1) is 4.90 Å². The summed E-state index contributed by atoms with van der Waals surface area (Å²) in [6.45, 7) is 6.98. The topological polar surface area (TPSA) is 63.4 Å². The molecule has 0 radical (unpaired) electrons. The fraction of sp³-hybridized carbons (Fsp3) is 0.714. The molecular formula is C14H24N2O2S2. The minimum atomic E-state index is -3.40. The van der Waals surface area contributed by atoms with Crippen molar-refractivity contribution in [1.29, 1.82) is 0 Å². The van der Waals surface area contributed by atoms with E-state index in [0.29, 0.717) is 23.9 Å². The molecule has 6 heteroatoms. The first-order chi connectivity index (χ1) is 9.40. The minimum absolute atomic E-state index is 0.0571. The van der Waals surface area contributed by atoms with Crippen LogP contribution in [0.3, 0.4) is 0 Å². The van der Waals surface area contributed by atoms with Crippen LogP contribution in [0.5, 0.6) is 0 Å². The summed E-state index contributed by atoms with van der Waals surface area (Å²) < 4.78 is 27.4. The highest BCUT2D eigenvalue weighted by Gasteiger charge is 2.36. The quantitative estimate of drug-likeness (QED) is 0.928. The Morgan fingerprint density at radius 3 is 2.65 bits per heavy atom. The van der Waals surface area contributed by atoms with E-state index >= 15 is 0 Å². The smallest absolute Gasteiger partial charge is 0.244 e. The molecule has 1 aromatic heterocycles. The Hall–Kier alpha value is -0.430. The molecule has 1 aliphatic heterocycles. The first-order valence-electron chi connectivity index (χ1n) is 7.19. The molecule has 1 aromatic rings. The van der Waals surface area contributed by atoms with Crippen LogP contribution in [0.4, 0.5) is 0 Å². The highest BCUT2D eigenvalue weighted by molar-refractivity contribution is 7.89. The molecule has 0 aromatic carbocycles. The van der Waals surface area contributed by atoms with Crippen molar-refractivity contribution in [3.8, 4) is 0 Å². The largest absolute Gasteiger partial charge is 0.329 e. The van der Waals surface area contributed by atoms with Crippen molar-refractivity contribution in [1.82, 2.24) is 4.31 Å². The molecule has 0 aliphatic carbocycles. The van der Waals surface area contributed by atoms with E-state index in [9.17, 15) is 8.42 Å². The summed E-state index contributed by atoms with van der Waals surface area (Å²) in [5.74, 6) is 0.598. The Bertz CT molecular complexity index is 566. The Balaban J connectivity index is 2.31. The first-order valence-corrected chi connectivity index (χ1v) is 9.44. The summed E-state index contributed by atoms with van der Waals surface area (Å²) in [5.41, 5.74) is 5.83. The van der Waals surface area contributed by atoms with Gasteiger partial charge in [-0.05, 0) is 38.7 Å². The zero-order chi connectivity index (χ0) is 14.9. The molecule has 0 spiro atoms. The number of rotatable bonds is 4. The van der Waals surface area contributed by atoms with E-state index in [1.165, 1.54) is 11.3 Å². The highest BCUT2D eigenvalue weighted by Crippen LogP contribution is 2.33. The zero-order valence-electron chi connectivity index (χ0n) is 12.4. The normalized spacial score (nSPS) is 25.0. The predicted molar refractivity (Wildman–Crippen MR) is 83.5 cm³/mol. The van der Waals surface area contributed by atoms with Gasteiger partial charge in [-0.2, -0.15) is 4.31 Å². The van der Waals surface area contributed by atoms with Gasteiger partial charge in [0.1, 0.15) is 0 Å². The number of piperidine rings is 1. The van der Waals surface area contributed by atoms with Crippen LogP contribution in [0.15, 0.2) is 11.0 Å². The van der Waals surface area contributed by atoms with Crippen molar-refractivity contribution >= 4 is 21.4 Å². The van der Waals surface area contributed by atoms with Crippen molar-refractivity contribution in [3.63, 3.8) is 0 Å². The molecule has 1 aliphatic rings. The van der Waals surface area contributed by atoms with Crippen molar-refractivity contribution in [2.75, 3.05) is 13.1 Å². The molecule has 2 unspecified atom stereocenters. The van der Waals surface area contributed by atoms with E-state index in [1.54, 1.807) is 10.4 Å². The van der Waals surface area contributed by atoms with Crippen LogP contribution in [-0.2, 0) is 10.0 Å². The van der Waals surface area contributed by atoms with Gasteiger partial charge in [0.25, 0.3) is 0 Å². The van der Waals surface area contributed by atoms with E-state index in [2.05, 4.69) is 6.92 Å². The number of hydrogen-bond acceptors (Lipinski definition) is 4. The SMILES string of the molecule is CCC1CCN(S(=O)(=O)c2cc(C)sc2C)C(CN)C1. The van der Waals surface area contributed by atoms with E-state index < -0.39 is 10.0 Å². The van der Waals surface area contributed by atoms with Crippen LogP contribution in [-0.4, -0.2) is 31.9 Å². The van der Waals surface area contributed by atoms with Gasteiger partial charge in [-0.15, -0.1) is 11.3 Å². The number of thiophene rings is 1. The highest BCUT2D eigenvalue weighted by atomic mass is 32.2. The second kappa shape index (κ2) is 6.13. The van der Waals surface area contributed by atoms with Gasteiger partial charge < -0.3 is 5.73 Å². The molecule has 0 saturated carbocycles. The Morgan fingerprint density at radius 2 is 2.15 bits per heavy atom. The maximum Gasteiger partial charge on any atom is 0.244 e. The van der Waals surface area contributed by atoms with Crippen LogP contribution in [0, 0.1) is 19.8 Å². The Morgan fingerprint density at radius 1 is 1.45 bits per heavy atom. The zero-order valence-corrected chi connectivity index (χ0v) is 14.1. The second-order valence-corrected chi connectivity index (χ2v) is 8.90. The summed E-state index contributed by atoms with van der Waals surface area (Å²) >= 11 is 1.54. The van der Waals surface area contributed by atoms with Crippen LogP contribution in [0.2, 0.25) is 0 Å². The lowest BCUT2D eigenvalue weighted by atomic mass is 9.90. The molecule has 0 amide bonds. The molecule has 2 heterocycles. The minimum Gasteiger partial charge on any atom is -0.329 e. The van der Waals surface area contributed by atoms with Gasteiger partial charge in [-0.1, -0.05) is 13.3 Å². The van der Waals surface area contributed by atoms with Gasteiger partial charge in [0, 0.05) is 28.9 Å². The molecule has 2 atom stereocenters. The van der Waals surface area contributed by atoms with Gasteiger partial charge >= 0.3 is 0 Å². The molecule has 114 valence electrons. The summed E-state index contributed by atoms with van der Waals surface area (Å²) in [5, 5.41) is 0. The summed E-state index contributed by atoms with van der Waals surface area (Å²) in [6, 6.07) is 1.73. The van der Waals surface area contributed by atoms with Crippen LogP contribution < -0.4 is 5.73 Å². The molecule has 0 bridgehead atoms. The molecule has 2 N–H and O–H groups in total. The lowest BCUT2D eigenvalue weighted by Gasteiger charge is -2.37. The number of sulfonamides is 1. The molecule has 4 nitrogen and oxygen atoms in total. The van der Waals surface area contributed by atoms with Crippen LogP contribution in [0.25, 0.3) is 0 Å². The average molecular weight is 316 g/mol. The molecule has 2 rings (SSSR count). The predicted octanol–water partition coefficient (Wildman–Crippen LogP) is 2.50. The lowest BCUT2D eigenvalue weighted by Crippen LogP contribution is -2.49. The number of hydrogen-bond donors (Lipinski definition) is 1. The van der Waals surface area contributed by atoms with E-state index in [1.807, 2.05) is 13.8 Å². The third kappa shape index (κ3) is 2.93. The van der Waals surface area contributed by atoms with Gasteiger partial charge in [-0.3, -0.25) is 0 Å². The Kier molecular flexibility index (Phi) is 4.89. The lowest BCUT2D eigenvalue weighted by molar-refractivity contribution is 0.197.